The Morgan fingerprint density at radius 1 is 1.50 bits per heavy atom. The first-order valence-electron chi connectivity index (χ1n) is 3.80. The molecule has 0 amide bonds. The molecule has 12 heavy (non-hydrogen) atoms. The van der Waals surface area contributed by atoms with Gasteiger partial charge in [-0.25, -0.2) is 4.98 Å². The number of pyridine rings is 1. The number of hydrogen-bond acceptors (Lipinski definition) is 2. The van der Waals surface area contributed by atoms with Crippen LogP contribution in [0.3, 0.4) is 0 Å². The van der Waals surface area contributed by atoms with E-state index in [1.165, 1.54) is 0 Å². The van der Waals surface area contributed by atoms with E-state index in [-0.39, 0.29) is 0 Å². The van der Waals surface area contributed by atoms with Crippen molar-refractivity contribution in [3.8, 4) is 0 Å². The third-order valence-corrected chi connectivity index (χ3v) is 1.87. The van der Waals surface area contributed by atoms with Crippen molar-refractivity contribution in [2.24, 2.45) is 0 Å². The fourth-order valence-corrected chi connectivity index (χ4v) is 1.25. The summed E-state index contributed by atoms with van der Waals surface area (Å²) >= 11 is 0. The van der Waals surface area contributed by atoms with Gasteiger partial charge in [0.1, 0.15) is 5.82 Å². The Morgan fingerprint density at radius 3 is 3.17 bits per heavy atom. The normalized spacial score (nSPS) is 10.4. The molecule has 0 unspecified atom stereocenters. The monoisotopic (exact) mass is 157 g/mol. The van der Waals surface area contributed by atoms with E-state index in [1.807, 2.05) is 25.1 Å². The van der Waals surface area contributed by atoms with Gasteiger partial charge in [-0.05, 0) is 36.1 Å². The summed E-state index contributed by atoms with van der Waals surface area (Å²) in [5.74, 6) is 0.573. The number of aromatic nitrogens is 1. The van der Waals surface area contributed by atoms with Gasteiger partial charge in [-0.3, -0.25) is 0 Å². The lowest BCUT2D eigenvalue weighted by Crippen LogP contribution is -1.90. The summed E-state index contributed by atoms with van der Waals surface area (Å²) < 4.78 is 0. The Labute approximate surface area is 71.0 Å². The quantitative estimate of drug-likeness (QED) is 0.634. The third kappa shape index (κ3) is 1.01. The van der Waals surface area contributed by atoms with E-state index in [9.17, 15) is 0 Å². The molecule has 2 aromatic rings. The zero-order chi connectivity index (χ0) is 8.55. The largest absolute Gasteiger partial charge is 0.383 e. The highest BCUT2D eigenvalue weighted by Gasteiger charge is 1.97. The molecule has 0 aliphatic carbocycles. The van der Waals surface area contributed by atoms with Gasteiger partial charge in [0.15, 0.2) is 0 Å². The number of anilines is 1. The molecule has 0 saturated heterocycles. The minimum absolute atomic E-state index is 0.573. The Balaban J connectivity index is 2.86. The summed E-state index contributed by atoms with van der Waals surface area (Å²) in [4.78, 5) is 3.99. The number of benzene rings is 1. The van der Waals surface area contributed by atoms with Crippen LogP contribution in [0, 0.1) is 13.0 Å². The van der Waals surface area contributed by atoms with E-state index in [0.29, 0.717) is 5.82 Å². The molecular formula is C10H9N2. The number of aryl methyl sites for hydroxylation is 1. The van der Waals surface area contributed by atoms with Crippen molar-refractivity contribution in [2.45, 2.75) is 6.92 Å². The van der Waals surface area contributed by atoms with Gasteiger partial charge < -0.3 is 5.73 Å². The first kappa shape index (κ1) is 7.10. The van der Waals surface area contributed by atoms with Crippen molar-refractivity contribution in [1.82, 2.24) is 4.98 Å². The van der Waals surface area contributed by atoms with Crippen LogP contribution >= 0.6 is 0 Å². The van der Waals surface area contributed by atoms with Crippen molar-refractivity contribution in [3.63, 3.8) is 0 Å². The zero-order valence-electron chi connectivity index (χ0n) is 6.83. The van der Waals surface area contributed by atoms with E-state index in [4.69, 9.17) is 5.73 Å². The second-order valence-corrected chi connectivity index (χ2v) is 2.82. The molecule has 2 N–H and O–H groups in total. The second kappa shape index (κ2) is 2.48. The Morgan fingerprint density at radius 2 is 2.33 bits per heavy atom. The minimum Gasteiger partial charge on any atom is -0.383 e. The highest BCUT2D eigenvalue weighted by Crippen LogP contribution is 2.18. The standard InChI is InChI=1S/C10H9N2/c1-7-2-3-9-8(6-7)4-5-12-10(9)11/h3-6H,1H3,(H2,11,12). The molecule has 0 atom stereocenters. The highest BCUT2D eigenvalue weighted by molar-refractivity contribution is 5.90. The molecule has 0 spiro atoms. The zero-order valence-corrected chi connectivity index (χ0v) is 6.83. The summed E-state index contributed by atoms with van der Waals surface area (Å²) in [6.45, 7) is 2.01. The smallest absolute Gasteiger partial charge is 0.131 e. The van der Waals surface area contributed by atoms with Crippen LogP contribution in [0.1, 0.15) is 5.56 Å². The van der Waals surface area contributed by atoms with Crippen LogP contribution in [-0.4, -0.2) is 4.98 Å². The molecular weight excluding hydrogens is 148 g/mol. The molecule has 2 rings (SSSR count). The summed E-state index contributed by atoms with van der Waals surface area (Å²) in [5.41, 5.74) is 6.79. The predicted molar refractivity (Wildman–Crippen MR) is 49.7 cm³/mol. The molecule has 0 fully saturated rings. The Hall–Kier alpha value is -1.57. The molecule has 2 heteroatoms. The van der Waals surface area contributed by atoms with Crippen molar-refractivity contribution >= 4 is 16.6 Å². The van der Waals surface area contributed by atoms with Gasteiger partial charge in [-0.2, -0.15) is 0 Å². The number of nitrogen functional groups attached to an aromatic ring is 1. The Kier molecular flexibility index (Phi) is 1.47. The molecule has 0 aliphatic rings. The minimum atomic E-state index is 0.573. The average molecular weight is 157 g/mol. The van der Waals surface area contributed by atoms with E-state index >= 15 is 0 Å². The predicted octanol–water partition coefficient (Wildman–Crippen LogP) is 1.93. The maximum Gasteiger partial charge on any atom is 0.131 e. The Bertz CT molecular complexity index is 421. The average Bonchev–Trinajstić information content (AvgIpc) is 2.04. The van der Waals surface area contributed by atoms with Gasteiger partial charge in [0.2, 0.25) is 0 Å². The fraction of sp³-hybridized carbons (Fsp3) is 0.100. The van der Waals surface area contributed by atoms with Gasteiger partial charge in [-0.1, -0.05) is 6.07 Å². The molecule has 1 radical (unpaired) electrons. The van der Waals surface area contributed by atoms with Gasteiger partial charge in [0, 0.05) is 11.6 Å². The first-order chi connectivity index (χ1) is 5.77. The van der Waals surface area contributed by atoms with E-state index in [0.717, 1.165) is 16.3 Å². The lowest BCUT2D eigenvalue weighted by molar-refractivity contribution is 1.36. The highest BCUT2D eigenvalue weighted by atomic mass is 14.8. The summed E-state index contributed by atoms with van der Waals surface area (Å²) in [6, 6.07) is 8.98. The molecule has 0 saturated carbocycles. The van der Waals surface area contributed by atoms with Crippen LogP contribution in [0.4, 0.5) is 5.82 Å². The lowest BCUT2D eigenvalue weighted by atomic mass is 10.1. The maximum absolute atomic E-state index is 5.68. The number of rotatable bonds is 0. The molecule has 2 nitrogen and oxygen atoms in total. The maximum atomic E-state index is 5.68. The van der Waals surface area contributed by atoms with E-state index in [1.54, 1.807) is 6.20 Å². The van der Waals surface area contributed by atoms with Crippen LogP contribution < -0.4 is 5.73 Å². The van der Waals surface area contributed by atoms with Gasteiger partial charge in [-0.15, -0.1) is 0 Å². The van der Waals surface area contributed by atoms with Crippen LogP contribution in [-0.2, 0) is 0 Å². The van der Waals surface area contributed by atoms with Crippen molar-refractivity contribution in [2.75, 3.05) is 5.73 Å². The number of nitrogens with zero attached hydrogens (tertiary/aromatic N) is 1. The fourth-order valence-electron chi connectivity index (χ4n) is 1.25. The third-order valence-electron chi connectivity index (χ3n) is 1.87. The number of fused-ring (bicyclic) bond motifs is 1. The van der Waals surface area contributed by atoms with Gasteiger partial charge in [0.05, 0.1) is 0 Å². The summed E-state index contributed by atoms with van der Waals surface area (Å²) in [7, 11) is 0. The van der Waals surface area contributed by atoms with Crippen LogP contribution in [0.2, 0.25) is 0 Å². The van der Waals surface area contributed by atoms with Crippen LogP contribution in [0.25, 0.3) is 10.8 Å². The van der Waals surface area contributed by atoms with Crippen molar-refractivity contribution in [3.05, 3.63) is 36.0 Å². The SMILES string of the molecule is Cc1[c]cc2c(N)nccc2c1. The van der Waals surface area contributed by atoms with Crippen LogP contribution in [0.5, 0.6) is 0 Å². The van der Waals surface area contributed by atoms with Gasteiger partial charge >= 0.3 is 0 Å². The number of nitrogens with two attached hydrogens (primary N) is 1. The summed E-state index contributed by atoms with van der Waals surface area (Å²) in [6.07, 6.45) is 1.72. The molecule has 0 aliphatic heterocycles. The van der Waals surface area contributed by atoms with Crippen molar-refractivity contribution in [1.29, 1.82) is 0 Å². The van der Waals surface area contributed by atoms with E-state index < -0.39 is 0 Å². The van der Waals surface area contributed by atoms with E-state index in [2.05, 4.69) is 11.1 Å². The molecule has 1 aromatic heterocycles. The van der Waals surface area contributed by atoms with Crippen LogP contribution in [0.15, 0.2) is 24.4 Å². The summed E-state index contributed by atoms with van der Waals surface area (Å²) in [5, 5.41) is 2.10. The topological polar surface area (TPSA) is 38.9 Å². The molecule has 59 valence electrons. The first-order valence-corrected chi connectivity index (χ1v) is 3.80. The molecule has 1 aromatic carbocycles. The second-order valence-electron chi connectivity index (χ2n) is 2.82. The lowest BCUT2D eigenvalue weighted by Gasteiger charge is -2.00. The number of hydrogen-bond donors (Lipinski definition) is 1. The van der Waals surface area contributed by atoms with Gasteiger partial charge in [0.25, 0.3) is 0 Å². The molecule has 0 bridgehead atoms. The molecule has 1 heterocycles. The van der Waals surface area contributed by atoms with Crippen molar-refractivity contribution < 1.29 is 0 Å².